The van der Waals surface area contributed by atoms with Gasteiger partial charge in [-0.25, -0.2) is 0 Å². The summed E-state index contributed by atoms with van der Waals surface area (Å²) in [6, 6.07) is 2.58. The maximum Gasteiger partial charge on any atom is 0.240 e. The number of nitrogens with zero attached hydrogens (tertiary/aromatic N) is 1. The van der Waals surface area contributed by atoms with E-state index in [0.29, 0.717) is 12.6 Å². The summed E-state index contributed by atoms with van der Waals surface area (Å²) in [6.45, 7) is 4.97. The van der Waals surface area contributed by atoms with E-state index in [1.54, 1.807) is 0 Å². The van der Waals surface area contributed by atoms with Gasteiger partial charge < -0.3 is 11.1 Å². The fourth-order valence-corrected chi connectivity index (χ4v) is 4.31. The molecule has 2 heterocycles. The van der Waals surface area contributed by atoms with Gasteiger partial charge in [0.1, 0.15) is 0 Å². The highest BCUT2D eigenvalue weighted by molar-refractivity contribution is 7.10. The van der Waals surface area contributed by atoms with Crippen molar-refractivity contribution < 1.29 is 4.79 Å². The van der Waals surface area contributed by atoms with E-state index in [0.717, 1.165) is 45.2 Å². The molecular weight excluding hydrogens is 282 g/mol. The lowest BCUT2D eigenvalue weighted by Gasteiger charge is -2.33. The molecule has 1 unspecified atom stereocenters. The number of rotatable bonds is 4. The molecule has 1 atom stereocenters. The summed E-state index contributed by atoms with van der Waals surface area (Å²) in [5.74, 6) is 0.0417. The maximum atomic E-state index is 12.3. The van der Waals surface area contributed by atoms with Gasteiger partial charge in [0.2, 0.25) is 5.91 Å². The van der Waals surface area contributed by atoms with E-state index < -0.39 is 5.54 Å². The molecule has 4 nitrogen and oxygen atoms in total. The van der Waals surface area contributed by atoms with Gasteiger partial charge in [-0.1, -0.05) is 12.8 Å². The van der Waals surface area contributed by atoms with Crippen LogP contribution in [0.15, 0.2) is 11.4 Å². The van der Waals surface area contributed by atoms with Crippen molar-refractivity contribution in [3.63, 3.8) is 0 Å². The summed E-state index contributed by atoms with van der Waals surface area (Å²) in [5.41, 5.74) is 7.04. The van der Waals surface area contributed by atoms with Crippen LogP contribution in [0.4, 0.5) is 0 Å². The van der Waals surface area contributed by atoms with Crippen molar-refractivity contribution in [3.8, 4) is 0 Å². The summed E-state index contributed by atoms with van der Waals surface area (Å²) in [6.07, 6.45) is 4.94. The Kier molecular flexibility index (Phi) is 4.33. The average molecular weight is 307 g/mol. The maximum absolute atomic E-state index is 12.3. The fourth-order valence-electron chi connectivity index (χ4n) is 3.43. The van der Waals surface area contributed by atoms with Gasteiger partial charge >= 0.3 is 0 Å². The predicted octanol–water partition coefficient (Wildman–Crippen LogP) is 1.88. The van der Waals surface area contributed by atoms with Gasteiger partial charge in [-0.2, -0.15) is 0 Å². The Labute approximate surface area is 130 Å². The highest BCUT2D eigenvalue weighted by Gasteiger charge is 2.37. The Morgan fingerprint density at radius 3 is 3.05 bits per heavy atom. The van der Waals surface area contributed by atoms with Crippen molar-refractivity contribution >= 4 is 17.2 Å². The quantitative estimate of drug-likeness (QED) is 0.893. The summed E-state index contributed by atoms with van der Waals surface area (Å²) < 4.78 is 0. The van der Waals surface area contributed by atoms with Crippen LogP contribution in [0, 0.1) is 0 Å². The van der Waals surface area contributed by atoms with Crippen LogP contribution in [0.1, 0.15) is 43.0 Å². The standard InChI is InChI=1S/C16H25N3OS/c1-12(10-18-15(20)16(17)6-2-3-7-16)19-8-4-14-13(11-19)5-9-21-14/h5,9,12H,2-4,6-8,10-11,17H2,1H3,(H,18,20). The normalized spacial score (nSPS) is 22.8. The van der Waals surface area contributed by atoms with Crippen LogP contribution in [0.2, 0.25) is 0 Å². The Hall–Kier alpha value is -0.910. The van der Waals surface area contributed by atoms with E-state index in [2.05, 4.69) is 28.6 Å². The van der Waals surface area contributed by atoms with Crippen molar-refractivity contribution in [2.24, 2.45) is 5.73 Å². The number of hydrogen-bond donors (Lipinski definition) is 2. The Morgan fingerprint density at radius 2 is 2.29 bits per heavy atom. The van der Waals surface area contributed by atoms with E-state index >= 15 is 0 Å². The molecule has 0 aromatic carbocycles. The van der Waals surface area contributed by atoms with Gasteiger partial charge in [0.05, 0.1) is 5.54 Å². The van der Waals surface area contributed by atoms with E-state index in [1.807, 2.05) is 11.3 Å². The first-order chi connectivity index (χ1) is 10.1. The number of hydrogen-bond acceptors (Lipinski definition) is 4. The van der Waals surface area contributed by atoms with Gasteiger partial charge in [-0.05, 0) is 43.2 Å². The number of carbonyl (C=O) groups is 1. The van der Waals surface area contributed by atoms with Crippen LogP contribution in [-0.2, 0) is 17.8 Å². The Bertz CT molecular complexity index is 507. The topological polar surface area (TPSA) is 58.4 Å². The summed E-state index contributed by atoms with van der Waals surface area (Å²) in [5, 5.41) is 5.26. The van der Waals surface area contributed by atoms with Crippen LogP contribution < -0.4 is 11.1 Å². The molecule has 0 bridgehead atoms. The lowest BCUT2D eigenvalue weighted by molar-refractivity contribution is -0.126. The molecule has 0 saturated heterocycles. The monoisotopic (exact) mass is 307 g/mol. The number of thiophene rings is 1. The number of carbonyl (C=O) groups excluding carboxylic acids is 1. The number of nitrogens with one attached hydrogen (secondary N) is 1. The van der Waals surface area contributed by atoms with Gasteiger partial charge in [0, 0.05) is 30.6 Å². The molecular formula is C16H25N3OS. The van der Waals surface area contributed by atoms with Crippen LogP contribution in [0.25, 0.3) is 0 Å². The van der Waals surface area contributed by atoms with Gasteiger partial charge in [-0.3, -0.25) is 9.69 Å². The van der Waals surface area contributed by atoms with Crippen molar-refractivity contribution in [1.82, 2.24) is 10.2 Å². The molecule has 2 aliphatic rings. The third kappa shape index (κ3) is 3.15. The van der Waals surface area contributed by atoms with Crippen molar-refractivity contribution in [2.45, 2.75) is 57.2 Å². The van der Waals surface area contributed by atoms with Gasteiger partial charge in [-0.15, -0.1) is 11.3 Å². The Morgan fingerprint density at radius 1 is 1.52 bits per heavy atom. The molecule has 116 valence electrons. The lowest BCUT2D eigenvalue weighted by Crippen LogP contribution is -2.54. The van der Waals surface area contributed by atoms with Gasteiger partial charge in [0.25, 0.3) is 0 Å². The number of amides is 1. The smallest absolute Gasteiger partial charge is 0.240 e. The molecule has 3 N–H and O–H groups in total. The molecule has 21 heavy (non-hydrogen) atoms. The first-order valence-corrected chi connectivity index (χ1v) is 8.83. The Balaban J connectivity index is 1.51. The van der Waals surface area contributed by atoms with Gasteiger partial charge in [0.15, 0.2) is 0 Å². The molecule has 0 radical (unpaired) electrons. The largest absolute Gasteiger partial charge is 0.353 e. The zero-order chi connectivity index (χ0) is 14.9. The molecule has 1 amide bonds. The summed E-state index contributed by atoms with van der Waals surface area (Å²) in [4.78, 5) is 16.2. The predicted molar refractivity (Wildman–Crippen MR) is 86.3 cm³/mol. The molecule has 1 aromatic rings. The minimum atomic E-state index is -0.609. The summed E-state index contributed by atoms with van der Waals surface area (Å²) in [7, 11) is 0. The highest BCUT2D eigenvalue weighted by atomic mass is 32.1. The lowest BCUT2D eigenvalue weighted by atomic mass is 9.98. The zero-order valence-corrected chi connectivity index (χ0v) is 13.5. The summed E-state index contributed by atoms with van der Waals surface area (Å²) >= 11 is 1.86. The third-order valence-electron chi connectivity index (χ3n) is 4.97. The number of fused-ring (bicyclic) bond motifs is 1. The van der Waals surface area contributed by atoms with Crippen LogP contribution >= 0.6 is 11.3 Å². The van der Waals surface area contributed by atoms with E-state index in [1.165, 1.54) is 10.4 Å². The second-order valence-electron chi connectivity index (χ2n) is 6.51. The fraction of sp³-hybridized carbons (Fsp3) is 0.688. The second-order valence-corrected chi connectivity index (χ2v) is 7.51. The minimum absolute atomic E-state index is 0.0417. The minimum Gasteiger partial charge on any atom is -0.353 e. The third-order valence-corrected chi connectivity index (χ3v) is 5.99. The van der Waals surface area contributed by atoms with Crippen molar-refractivity contribution in [1.29, 1.82) is 0 Å². The first-order valence-electron chi connectivity index (χ1n) is 7.95. The van der Waals surface area contributed by atoms with Crippen molar-refractivity contribution in [2.75, 3.05) is 13.1 Å². The molecule has 5 heteroatoms. The SMILES string of the molecule is CC(CNC(=O)C1(N)CCCC1)N1CCc2sccc2C1. The van der Waals surface area contributed by atoms with E-state index in [-0.39, 0.29) is 5.91 Å². The van der Waals surface area contributed by atoms with Crippen LogP contribution in [0.3, 0.4) is 0 Å². The molecule has 1 aliphatic carbocycles. The van der Waals surface area contributed by atoms with E-state index in [9.17, 15) is 4.79 Å². The molecule has 0 spiro atoms. The molecule has 1 fully saturated rings. The highest BCUT2D eigenvalue weighted by Crippen LogP contribution is 2.27. The molecule has 1 aromatic heterocycles. The number of nitrogens with two attached hydrogens (primary N) is 1. The second kappa shape index (κ2) is 6.07. The van der Waals surface area contributed by atoms with Crippen LogP contribution in [0.5, 0.6) is 0 Å². The van der Waals surface area contributed by atoms with Crippen LogP contribution in [-0.4, -0.2) is 35.5 Å². The first kappa shape index (κ1) is 15.0. The van der Waals surface area contributed by atoms with E-state index in [4.69, 9.17) is 5.73 Å². The molecule has 3 rings (SSSR count). The van der Waals surface area contributed by atoms with Crippen molar-refractivity contribution in [3.05, 3.63) is 21.9 Å². The average Bonchev–Trinajstić information content (AvgIpc) is 3.12. The molecule has 1 saturated carbocycles. The zero-order valence-electron chi connectivity index (χ0n) is 12.7. The molecule has 1 aliphatic heterocycles.